The lowest BCUT2D eigenvalue weighted by Gasteiger charge is -1.99. The van der Waals surface area contributed by atoms with Crippen molar-refractivity contribution in [2.45, 2.75) is 0 Å². The van der Waals surface area contributed by atoms with Gasteiger partial charge < -0.3 is 5.73 Å². The zero-order chi connectivity index (χ0) is 9.26. The van der Waals surface area contributed by atoms with Gasteiger partial charge in [-0.15, -0.1) is 5.10 Å². The van der Waals surface area contributed by atoms with Gasteiger partial charge in [-0.3, -0.25) is 0 Å². The van der Waals surface area contributed by atoms with Crippen LogP contribution in [0.2, 0.25) is 0 Å². The fourth-order valence-corrected chi connectivity index (χ4v) is 1.11. The molecule has 66 valence electrons. The van der Waals surface area contributed by atoms with Gasteiger partial charge in [0.1, 0.15) is 5.82 Å². The van der Waals surface area contributed by atoms with Gasteiger partial charge in [0.05, 0.1) is 11.9 Å². The summed E-state index contributed by atoms with van der Waals surface area (Å²) in [5.41, 5.74) is 7.35. The van der Waals surface area contributed by atoms with Gasteiger partial charge in [-0.2, -0.15) is 0 Å². The molecule has 13 heavy (non-hydrogen) atoms. The minimum Gasteiger partial charge on any atom is -0.384 e. The fraction of sp³-hybridized carbons (Fsp3) is 0.125. The molecule has 0 aliphatic carbocycles. The SMILES string of the molecule is Cn1nncc1-c1ccc(N)nc1. The highest BCUT2D eigenvalue weighted by atomic mass is 15.4. The van der Waals surface area contributed by atoms with Gasteiger partial charge in [-0.05, 0) is 12.1 Å². The molecule has 5 heteroatoms. The molecule has 0 spiro atoms. The first kappa shape index (κ1) is 7.72. The van der Waals surface area contributed by atoms with Crippen LogP contribution in [0.1, 0.15) is 0 Å². The van der Waals surface area contributed by atoms with E-state index in [1.807, 2.05) is 13.1 Å². The van der Waals surface area contributed by atoms with Crippen molar-refractivity contribution in [3.05, 3.63) is 24.5 Å². The van der Waals surface area contributed by atoms with Crippen molar-refractivity contribution in [3.63, 3.8) is 0 Å². The van der Waals surface area contributed by atoms with E-state index >= 15 is 0 Å². The second kappa shape index (κ2) is 2.85. The first-order valence-electron chi connectivity index (χ1n) is 3.84. The third-order valence-corrected chi connectivity index (χ3v) is 1.80. The molecule has 2 aromatic rings. The molecule has 0 saturated heterocycles. The molecule has 5 nitrogen and oxygen atoms in total. The first-order chi connectivity index (χ1) is 6.27. The lowest BCUT2D eigenvalue weighted by molar-refractivity contribution is 0.720. The third kappa shape index (κ3) is 1.35. The lowest BCUT2D eigenvalue weighted by Crippen LogP contribution is -1.95. The Labute approximate surface area is 75.2 Å². The fourth-order valence-electron chi connectivity index (χ4n) is 1.11. The Kier molecular flexibility index (Phi) is 1.70. The number of hydrogen-bond acceptors (Lipinski definition) is 4. The molecule has 2 N–H and O–H groups in total. The van der Waals surface area contributed by atoms with Crippen LogP contribution in [0, 0.1) is 0 Å². The van der Waals surface area contributed by atoms with Crippen LogP contribution >= 0.6 is 0 Å². The summed E-state index contributed by atoms with van der Waals surface area (Å²) < 4.78 is 1.69. The van der Waals surface area contributed by atoms with Crippen LogP contribution in [0.5, 0.6) is 0 Å². The normalized spacial score (nSPS) is 10.2. The molecule has 2 aromatic heterocycles. The number of nitrogens with zero attached hydrogens (tertiary/aromatic N) is 4. The lowest BCUT2D eigenvalue weighted by atomic mass is 10.2. The molecular formula is C8H9N5. The average Bonchev–Trinajstić information content (AvgIpc) is 2.53. The van der Waals surface area contributed by atoms with Crippen molar-refractivity contribution >= 4 is 5.82 Å². The topological polar surface area (TPSA) is 69.6 Å². The van der Waals surface area contributed by atoms with Gasteiger partial charge in [0.25, 0.3) is 0 Å². The molecule has 0 aliphatic rings. The maximum absolute atomic E-state index is 5.47. The molecule has 2 rings (SSSR count). The van der Waals surface area contributed by atoms with E-state index < -0.39 is 0 Å². The average molecular weight is 175 g/mol. The Morgan fingerprint density at radius 2 is 2.15 bits per heavy atom. The molecule has 0 unspecified atom stereocenters. The standard InChI is InChI=1S/C8H9N5/c1-13-7(5-11-12-13)6-2-3-8(9)10-4-6/h2-5H,1H3,(H2,9,10). The number of anilines is 1. The molecule has 0 bridgehead atoms. The molecule has 0 atom stereocenters. The van der Waals surface area contributed by atoms with Gasteiger partial charge in [0, 0.05) is 18.8 Å². The van der Waals surface area contributed by atoms with Crippen molar-refractivity contribution in [2.24, 2.45) is 7.05 Å². The van der Waals surface area contributed by atoms with Gasteiger partial charge in [0.2, 0.25) is 0 Å². The van der Waals surface area contributed by atoms with Crippen molar-refractivity contribution in [1.29, 1.82) is 0 Å². The van der Waals surface area contributed by atoms with E-state index in [0.29, 0.717) is 5.82 Å². The molecule has 0 amide bonds. The summed E-state index contributed by atoms with van der Waals surface area (Å²) in [5.74, 6) is 0.513. The summed E-state index contributed by atoms with van der Waals surface area (Å²) in [6.07, 6.45) is 3.39. The predicted molar refractivity (Wildman–Crippen MR) is 48.6 cm³/mol. The Bertz CT molecular complexity index is 403. The summed E-state index contributed by atoms with van der Waals surface area (Å²) >= 11 is 0. The van der Waals surface area contributed by atoms with Crippen molar-refractivity contribution in [2.75, 3.05) is 5.73 Å². The predicted octanol–water partition coefficient (Wildman–Crippen LogP) is 0.459. The summed E-state index contributed by atoms with van der Waals surface area (Å²) in [7, 11) is 1.83. The van der Waals surface area contributed by atoms with E-state index in [2.05, 4.69) is 15.3 Å². The Balaban J connectivity index is 2.47. The number of nitrogen functional groups attached to an aromatic ring is 1. The molecule has 0 aromatic carbocycles. The summed E-state index contributed by atoms with van der Waals surface area (Å²) in [6.45, 7) is 0. The maximum atomic E-state index is 5.47. The molecule has 0 aliphatic heterocycles. The van der Waals surface area contributed by atoms with Crippen LogP contribution in [0.15, 0.2) is 24.5 Å². The van der Waals surface area contributed by atoms with Crippen molar-refractivity contribution in [1.82, 2.24) is 20.0 Å². The van der Waals surface area contributed by atoms with E-state index in [1.165, 1.54) is 0 Å². The highest BCUT2D eigenvalue weighted by Gasteiger charge is 2.02. The summed E-state index contributed by atoms with van der Waals surface area (Å²) in [6, 6.07) is 3.64. The van der Waals surface area contributed by atoms with Gasteiger partial charge in [0.15, 0.2) is 0 Å². The summed E-state index contributed by atoms with van der Waals surface area (Å²) in [5, 5.41) is 7.60. The first-order valence-corrected chi connectivity index (χ1v) is 3.84. The van der Waals surface area contributed by atoms with Crippen LogP contribution < -0.4 is 5.73 Å². The monoisotopic (exact) mass is 175 g/mol. The van der Waals surface area contributed by atoms with Crippen molar-refractivity contribution < 1.29 is 0 Å². The van der Waals surface area contributed by atoms with Gasteiger partial charge in [-0.1, -0.05) is 5.21 Å². The minimum atomic E-state index is 0.513. The highest BCUT2D eigenvalue weighted by Crippen LogP contribution is 2.15. The number of aromatic nitrogens is 4. The van der Waals surface area contributed by atoms with Crippen LogP contribution in [0.3, 0.4) is 0 Å². The summed E-state index contributed by atoms with van der Waals surface area (Å²) in [4.78, 5) is 3.99. The Morgan fingerprint density at radius 3 is 2.69 bits per heavy atom. The van der Waals surface area contributed by atoms with E-state index in [-0.39, 0.29) is 0 Å². The minimum absolute atomic E-state index is 0.513. The van der Waals surface area contributed by atoms with Crippen LogP contribution in [0.25, 0.3) is 11.3 Å². The largest absolute Gasteiger partial charge is 0.384 e. The smallest absolute Gasteiger partial charge is 0.123 e. The molecule has 0 fully saturated rings. The van der Waals surface area contributed by atoms with E-state index in [1.54, 1.807) is 23.1 Å². The zero-order valence-electron chi connectivity index (χ0n) is 7.18. The maximum Gasteiger partial charge on any atom is 0.123 e. The van der Waals surface area contributed by atoms with Crippen molar-refractivity contribution in [3.8, 4) is 11.3 Å². The molecular weight excluding hydrogens is 166 g/mol. The number of aryl methyl sites for hydroxylation is 1. The molecule has 0 radical (unpaired) electrons. The third-order valence-electron chi connectivity index (χ3n) is 1.80. The van der Waals surface area contributed by atoms with E-state index in [4.69, 9.17) is 5.73 Å². The Hall–Kier alpha value is -1.91. The van der Waals surface area contributed by atoms with Gasteiger partial charge >= 0.3 is 0 Å². The number of hydrogen-bond donors (Lipinski definition) is 1. The highest BCUT2D eigenvalue weighted by molar-refractivity contribution is 5.58. The van der Waals surface area contributed by atoms with Crippen LogP contribution in [-0.4, -0.2) is 20.0 Å². The van der Waals surface area contributed by atoms with E-state index in [0.717, 1.165) is 11.3 Å². The number of nitrogens with two attached hydrogens (primary N) is 1. The second-order valence-corrected chi connectivity index (χ2v) is 2.71. The number of rotatable bonds is 1. The zero-order valence-corrected chi connectivity index (χ0v) is 7.18. The Morgan fingerprint density at radius 1 is 1.31 bits per heavy atom. The quantitative estimate of drug-likeness (QED) is 0.683. The molecule has 2 heterocycles. The molecule has 0 saturated carbocycles. The van der Waals surface area contributed by atoms with Crippen LogP contribution in [-0.2, 0) is 7.05 Å². The van der Waals surface area contributed by atoms with E-state index in [9.17, 15) is 0 Å². The van der Waals surface area contributed by atoms with Crippen LogP contribution in [0.4, 0.5) is 5.82 Å². The second-order valence-electron chi connectivity index (χ2n) is 2.71. The number of pyridine rings is 1. The van der Waals surface area contributed by atoms with Gasteiger partial charge in [-0.25, -0.2) is 9.67 Å².